The van der Waals surface area contributed by atoms with Gasteiger partial charge >= 0.3 is 0 Å². The average molecular weight is 375 g/mol. The van der Waals surface area contributed by atoms with Crippen molar-refractivity contribution in [1.29, 1.82) is 0 Å². The highest BCUT2D eigenvalue weighted by molar-refractivity contribution is 9.10. The molecule has 0 aromatic heterocycles. The summed E-state index contributed by atoms with van der Waals surface area (Å²) in [5, 5.41) is 0. The fourth-order valence-corrected chi connectivity index (χ4v) is 2.90. The number of hydrogen-bond donors (Lipinski definition) is 0. The molecule has 23 heavy (non-hydrogen) atoms. The van der Waals surface area contributed by atoms with Gasteiger partial charge < -0.3 is 4.74 Å². The lowest BCUT2D eigenvalue weighted by molar-refractivity contribution is 0.304. The van der Waals surface area contributed by atoms with Crippen LogP contribution >= 0.6 is 15.9 Å². The summed E-state index contributed by atoms with van der Waals surface area (Å²) in [7, 11) is 0. The number of benzene rings is 2. The van der Waals surface area contributed by atoms with E-state index in [0.717, 1.165) is 23.2 Å². The van der Waals surface area contributed by atoms with Gasteiger partial charge in [-0.2, -0.15) is 0 Å². The van der Waals surface area contributed by atoms with Crippen LogP contribution in [0.2, 0.25) is 0 Å². The molecule has 0 aliphatic heterocycles. The van der Waals surface area contributed by atoms with Crippen molar-refractivity contribution in [3.63, 3.8) is 0 Å². The van der Waals surface area contributed by atoms with E-state index < -0.39 is 0 Å². The summed E-state index contributed by atoms with van der Waals surface area (Å²) in [6.45, 7) is 3.08. The predicted molar refractivity (Wildman–Crippen MR) is 103 cm³/mol. The highest BCUT2D eigenvalue weighted by Crippen LogP contribution is 2.24. The lowest BCUT2D eigenvalue weighted by Crippen LogP contribution is -1.97. The van der Waals surface area contributed by atoms with Crippen LogP contribution in [0, 0.1) is 0 Å². The van der Waals surface area contributed by atoms with Gasteiger partial charge in [0.2, 0.25) is 0 Å². The first kappa shape index (κ1) is 18.1. The van der Waals surface area contributed by atoms with Gasteiger partial charge in [0.15, 0.2) is 0 Å². The fraction of sp³-hybridized carbons (Fsp3) is 0.429. The highest BCUT2D eigenvalue weighted by atomic mass is 79.9. The van der Waals surface area contributed by atoms with Gasteiger partial charge in [0, 0.05) is 4.47 Å². The molecule has 0 aliphatic rings. The van der Waals surface area contributed by atoms with Crippen molar-refractivity contribution >= 4 is 15.9 Å². The molecule has 0 saturated carbocycles. The van der Waals surface area contributed by atoms with E-state index in [1.54, 1.807) is 0 Å². The quantitative estimate of drug-likeness (QED) is 0.398. The highest BCUT2D eigenvalue weighted by Gasteiger charge is 1.99. The first-order valence-electron chi connectivity index (χ1n) is 8.78. The van der Waals surface area contributed by atoms with Crippen LogP contribution in [0.3, 0.4) is 0 Å². The molecule has 0 N–H and O–H groups in total. The van der Waals surface area contributed by atoms with Crippen LogP contribution in [0.5, 0.6) is 5.75 Å². The molecule has 2 rings (SSSR count). The van der Waals surface area contributed by atoms with E-state index in [1.165, 1.54) is 49.7 Å². The van der Waals surface area contributed by atoms with E-state index in [0.29, 0.717) is 0 Å². The summed E-state index contributed by atoms with van der Waals surface area (Å²) in [5.74, 6) is 0.969. The topological polar surface area (TPSA) is 9.23 Å². The zero-order valence-electron chi connectivity index (χ0n) is 14.1. The maximum Gasteiger partial charge on any atom is 0.119 e. The van der Waals surface area contributed by atoms with Crippen molar-refractivity contribution in [2.75, 3.05) is 6.61 Å². The van der Waals surface area contributed by atoms with E-state index in [1.807, 2.05) is 0 Å². The van der Waals surface area contributed by atoms with Gasteiger partial charge in [-0.3, -0.25) is 0 Å². The lowest BCUT2D eigenvalue weighted by atomic mass is 10.1. The summed E-state index contributed by atoms with van der Waals surface area (Å²) in [5.41, 5.74) is 2.45. The molecule has 0 amide bonds. The smallest absolute Gasteiger partial charge is 0.119 e. The summed E-state index contributed by atoms with van der Waals surface area (Å²) in [6, 6.07) is 16.8. The van der Waals surface area contributed by atoms with E-state index in [-0.39, 0.29) is 0 Å². The van der Waals surface area contributed by atoms with Gasteiger partial charge in [-0.15, -0.1) is 0 Å². The Kier molecular flexibility index (Phi) is 8.24. The summed E-state index contributed by atoms with van der Waals surface area (Å²) in [6.07, 6.45) is 9.22. The van der Waals surface area contributed by atoms with Crippen LogP contribution in [0.4, 0.5) is 0 Å². The Labute approximate surface area is 149 Å². The van der Waals surface area contributed by atoms with Crippen molar-refractivity contribution in [2.45, 2.75) is 51.9 Å². The van der Waals surface area contributed by atoms with Crippen LogP contribution in [0.15, 0.2) is 53.0 Å². The second-order valence-electron chi connectivity index (χ2n) is 6.00. The van der Waals surface area contributed by atoms with E-state index in [4.69, 9.17) is 4.74 Å². The van der Waals surface area contributed by atoms with Crippen LogP contribution in [0.25, 0.3) is 11.1 Å². The second-order valence-corrected chi connectivity index (χ2v) is 6.92. The van der Waals surface area contributed by atoms with Crippen LogP contribution in [-0.4, -0.2) is 6.61 Å². The maximum absolute atomic E-state index is 5.84. The minimum atomic E-state index is 0.825. The summed E-state index contributed by atoms with van der Waals surface area (Å²) in [4.78, 5) is 0. The number of unbranched alkanes of at least 4 members (excludes halogenated alkanes) is 6. The molecule has 0 heterocycles. The molecule has 0 fully saturated rings. The Balaban J connectivity index is 1.68. The molecule has 0 atom stereocenters. The fourth-order valence-electron chi connectivity index (χ4n) is 2.64. The maximum atomic E-state index is 5.84. The number of halogens is 1. The number of ether oxygens (including phenoxy) is 1. The standard InChI is InChI=1S/C21H27BrO/c1-2-3-4-5-6-7-8-17-23-21-15-11-19(12-16-21)18-9-13-20(22)14-10-18/h9-16H,2-8,17H2,1H3. The third-order valence-corrected chi connectivity index (χ3v) is 4.58. The Morgan fingerprint density at radius 3 is 1.83 bits per heavy atom. The Bertz CT molecular complexity index is 545. The van der Waals surface area contributed by atoms with Gasteiger partial charge in [0.1, 0.15) is 5.75 Å². The molecule has 0 bridgehead atoms. The first-order chi connectivity index (χ1) is 11.3. The molecule has 0 spiro atoms. The van der Waals surface area contributed by atoms with Crippen molar-refractivity contribution in [3.8, 4) is 16.9 Å². The summed E-state index contributed by atoms with van der Waals surface area (Å²) < 4.78 is 6.94. The SMILES string of the molecule is CCCCCCCCCOc1ccc(-c2ccc(Br)cc2)cc1. The molecule has 2 heteroatoms. The summed E-state index contributed by atoms with van der Waals surface area (Å²) >= 11 is 3.47. The lowest BCUT2D eigenvalue weighted by Gasteiger charge is -2.08. The van der Waals surface area contributed by atoms with Gasteiger partial charge in [-0.05, 0) is 41.8 Å². The largest absolute Gasteiger partial charge is 0.494 e. The third kappa shape index (κ3) is 6.78. The van der Waals surface area contributed by atoms with Gasteiger partial charge in [-0.25, -0.2) is 0 Å². The number of rotatable bonds is 10. The molecule has 2 aromatic carbocycles. The van der Waals surface area contributed by atoms with Gasteiger partial charge in [-0.1, -0.05) is 85.6 Å². The van der Waals surface area contributed by atoms with Crippen molar-refractivity contribution in [3.05, 3.63) is 53.0 Å². The normalized spacial score (nSPS) is 10.7. The second kappa shape index (κ2) is 10.5. The predicted octanol–water partition coefficient (Wildman–Crippen LogP) is 7.25. The van der Waals surface area contributed by atoms with Crippen LogP contribution in [0.1, 0.15) is 51.9 Å². The third-order valence-electron chi connectivity index (χ3n) is 4.05. The minimum absolute atomic E-state index is 0.825. The van der Waals surface area contributed by atoms with Crippen LogP contribution in [-0.2, 0) is 0 Å². The molecule has 2 aromatic rings. The van der Waals surface area contributed by atoms with Gasteiger partial charge in [0.25, 0.3) is 0 Å². The molecular formula is C21H27BrO. The van der Waals surface area contributed by atoms with E-state index in [9.17, 15) is 0 Å². The van der Waals surface area contributed by atoms with E-state index in [2.05, 4.69) is 71.4 Å². The molecule has 0 unspecified atom stereocenters. The molecule has 1 nitrogen and oxygen atoms in total. The zero-order valence-corrected chi connectivity index (χ0v) is 15.6. The Morgan fingerprint density at radius 1 is 0.696 bits per heavy atom. The monoisotopic (exact) mass is 374 g/mol. The molecule has 0 saturated heterocycles. The van der Waals surface area contributed by atoms with E-state index >= 15 is 0 Å². The first-order valence-corrected chi connectivity index (χ1v) is 9.57. The van der Waals surface area contributed by atoms with Gasteiger partial charge in [0.05, 0.1) is 6.61 Å². The Morgan fingerprint density at radius 2 is 1.22 bits per heavy atom. The molecule has 124 valence electrons. The number of hydrogen-bond acceptors (Lipinski definition) is 1. The Hall–Kier alpha value is -1.28. The minimum Gasteiger partial charge on any atom is -0.494 e. The molecule has 0 radical (unpaired) electrons. The molecule has 0 aliphatic carbocycles. The van der Waals surface area contributed by atoms with Crippen LogP contribution < -0.4 is 4.74 Å². The van der Waals surface area contributed by atoms with Crippen molar-refractivity contribution in [1.82, 2.24) is 0 Å². The zero-order chi connectivity index (χ0) is 16.3. The average Bonchev–Trinajstić information content (AvgIpc) is 2.59. The molecular weight excluding hydrogens is 348 g/mol. The van der Waals surface area contributed by atoms with Crippen molar-refractivity contribution < 1.29 is 4.74 Å². The van der Waals surface area contributed by atoms with Crippen molar-refractivity contribution in [2.24, 2.45) is 0 Å².